The highest BCUT2D eigenvalue weighted by atomic mass is 79.9. The van der Waals surface area contributed by atoms with E-state index >= 15 is 0 Å². The first kappa shape index (κ1) is 17.3. The van der Waals surface area contributed by atoms with Crippen molar-refractivity contribution in [2.75, 3.05) is 0 Å². The van der Waals surface area contributed by atoms with E-state index < -0.39 is 40.5 Å². The highest BCUT2D eigenvalue weighted by Gasteiger charge is 2.34. The van der Waals surface area contributed by atoms with Gasteiger partial charge in [0.2, 0.25) is 0 Å². The predicted molar refractivity (Wildman–Crippen MR) is 81.8 cm³/mol. The zero-order valence-corrected chi connectivity index (χ0v) is 13.6. The fraction of sp³-hybridized carbons (Fsp3) is 0.0667. The van der Waals surface area contributed by atoms with Crippen LogP contribution in [0.1, 0.15) is 16.1 Å². The number of imidazole rings is 1. The lowest BCUT2D eigenvalue weighted by Crippen LogP contribution is -2.15. The third-order valence-corrected chi connectivity index (χ3v) is 3.93. The first-order valence-electron chi connectivity index (χ1n) is 6.63. The normalized spacial score (nSPS) is 11.9. The number of primary amides is 1. The molecule has 0 aliphatic carbocycles. The van der Waals surface area contributed by atoms with Gasteiger partial charge in [0.1, 0.15) is 17.0 Å². The Labute approximate surface area is 145 Å². The summed E-state index contributed by atoms with van der Waals surface area (Å²) in [5.41, 5.74) is 2.33. The van der Waals surface area contributed by atoms with E-state index in [0.29, 0.717) is 10.5 Å². The highest BCUT2D eigenvalue weighted by molar-refractivity contribution is 9.10. The summed E-state index contributed by atoms with van der Waals surface area (Å²) in [7, 11) is 0. The van der Waals surface area contributed by atoms with Gasteiger partial charge in [0.05, 0.1) is 5.56 Å². The van der Waals surface area contributed by atoms with Gasteiger partial charge in [-0.05, 0) is 24.3 Å². The van der Waals surface area contributed by atoms with Crippen LogP contribution in [0, 0.1) is 11.6 Å². The topological polar surface area (TPSA) is 60.4 Å². The molecule has 25 heavy (non-hydrogen) atoms. The van der Waals surface area contributed by atoms with Gasteiger partial charge in [0.25, 0.3) is 5.91 Å². The molecule has 0 radical (unpaired) electrons. The third kappa shape index (κ3) is 2.97. The zero-order chi connectivity index (χ0) is 18.5. The Hall–Kier alpha value is -2.49. The number of alkyl halides is 3. The van der Waals surface area contributed by atoms with E-state index in [-0.39, 0.29) is 17.4 Å². The predicted octanol–water partition coefficient (Wildman–Crippen LogP) is 4.16. The van der Waals surface area contributed by atoms with Crippen LogP contribution >= 0.6 is 15.9 Å². The quantitative estimate of drug-likeness (QED) is 0.634. The van der Waals surface area contributed by atoms with Crippen molar-refractivity contribution in [3.05, 3.63) is 57.8 Å². The second kappa shape index (κ2) is 5.80. The molecular formula is C15H7BrF5N3O. The molecule has 0 saturated carbocycles. The fourth-order valence-corrected chi connectivity index (χ4v) is 2.69. The first-order chi connectivity index (χ1) is 11.6. The van der Waals surface area contributed by atoms with E-state index in [9.17, 15) is 26.7 Å². The van der Waals surface area contributed by atoms with Gasteiger partial charge in [0, 0.05) is 16.2 Å². The first-order valence-corrected chi connectivity index (χ1v) is 7.43. The number of amides is 1. The van der Waals surface area contributed by atoms with E-state index in [2.05, 4.69) is 20.9 Å². The number of hydrogen-bond donors (Lipinski definition) is 1. The van der Waals surface area contributed by atoms with Crippen molar-refractivity contribution in [3.8, 4) is 11.3 Å². The molecule has 0 atom stereocenters. The lowest BCUT2D eigenvalue weighted by atomic mass is 10.0. The average molecular weight is 420 g/mol. The van der Waals surface area contributed by atoms with Crippen LogP contribution in [0.3, 0.4) is 0 Å². The van der Waals surface area contributed by atoms with Crippen molar-refractivity contribution in [2.45, 2.75) is 6.18 Å². The number of nitrogens with zero attached hydrogens (tertiary/aromatic N) is 2. The summed E-state index contributed by atoms with van der Waals surface area (Å²) in [5.74, 6) is -4.32. The van der Waals surface area contributed by atoms with Gasteiger partial charge in [-0.15, -0.1) is 0 Å². The molecule has 0 spiro atoms. The molecule has 0 fully saturated rings. The molecule has 1 aromatic carbocycles. The molecule has 0 saturated heterocycles. The Kier molecular flexibility index (Phi) is 4.02. The van der Waals surface area contributed by atoms with Gasteiger partial charge in [-0.3, -0.25) is 9.20 Å². The Morgan fingerprint density at radius 2 is 1.88 bits per heavy atom. The molecule has 3 rings (SSSR count). The summed E-state index contributed by atoms with van der Waals surface area (Å²) in [4.78, 5) is 15.7. The van der Waals surface area contributed by atoms with Crippen LogP contribution in [0.5, 0.6) is 0 Å². The Morgan fingerprint density at radius 3 is 2.48 bits per heavy atom. The molecule has 1 amide bonds. The van der Waals surface area contributed by atoms with Gasteiger partial charge in [-0.1, -0.05) is 15.9 Å². The summed E-state index contributed by atoms with van der Waals surface area (Å²) in [5, 5.41) is 0. The molecule has 2 N–H and O–H groups in total. The Bertz CT molecular complexity index is 1010. The number of pyridine rings is 1. The maximum atomic E-state index is 14.2. The number of nitrogens with two attached hydrogens (primary N) is 1. The van der Waals surface area contributed by atoms with Crippen molar-refractivity contribution < 1.29 is 26.7 Å². The number of fused-ring (bicyclic) bond motifs is 1. The van der Waals surface area contributed by atoms with Crippen LogP contribution < -0.4 is 5.73 Å². The van der Waals surface area contributed by atoms with Crippen LogP contribution in [0.4, 0.5) is 22.0 Å². The number of carbonyl (C=O) groups is 1. The van der Waals surface area contributed by atoms with E-state index in [1.807, 2.05) is 0 Å². The molecule has 130 valence electrons. The SMILES string of the molecule is NC(=O)c1c(-c2cc(C(F)(F)F)cc(F)c2F)nc2cc(Br)ccn12. The molecule has 4 nitrogen and oxygen atoms in total. The minimum atomic E-state index is -4.90. The maximum absolute atomic E-state index is 14.2. The average Bonchev–Trinajstić information content (AvgIpc) is 2.86. The zero-order valence-electron chi connectivity index (χ0n) is 12.0. The van der Waals surface area contributed by atoms with Crippen LogP contribution in [0.15, 0.2) is 34.9 Å². The summed E-state index contributed by atoms with van der Waals surface area (Å²) >= 11 is 3.17. The lowest BCUT2D eigenvalue weighted by Gasteiger charge is -2.10. The molecule has 3 aromatic rings. The molecule has 0 aliphatic heterocycles. The van der Waals surface area contributed by atoms with E-state index in [0.717, 1.165) is 0 Å². The second-order valence-corrected chi connectivity index (χ2v) is 5.98. The maximum Gasteiger partial charge on any atom is 0.416 e. The molecule has 0 unspecified atom stereocenters. The minimum absolute atomic E-state index is 0.0369. The van der Waals surface area contributed by atoms with Crippen molar-refractivity contribution in [1.29, 1.82) is 0 Å². The molecule has 0 aliphatic rings. The van der Waals surface area contributed by atoms with Crippen molar-refractivity contribution in [1.82, 2.24) is 9.38 Å². The van der Waals surface area contributed by atoms with Crippen LogP contribution in [-0.2, 0) is 6.18 Å². The van der Waals surface area contributed by atoms with Gasteiger partial charge >= 0.3 is 6.18 Å². The van der Waals surface area contributed by atoms with Crippen LogP contribution in [0.25, 0.3) is 16.9 Å². The summed E-state index contributed by atoms with van der Waals surface area (Å²) in [6.07, 6.45) is -3.53. The standard InChI is InChI=1S/C15H7BrF5N3O/c16-7-1-2-24-10(5-7)23-12(13(24)14(22)25)8-3-6(15(19,20)21)4-9(17)11(8)18/h1-5H,(H2,22,25). The molecule has 2 heterocycles. The van der Waals surface area contributed by atoms with Gasteiger partial charge in [-0.2, -0.15) is 13.2 Å². The van der Waals surface area contributed by atoms with Crippen molar-refractivity contribution >= 4 is 27.5 Å². The lowest BCUT2D eigenvalue weighted by molar-refractivity contribution is -0.137. The monoisotopic (exact) mass is 419 g/mol. The Morgan fingerprint density at radius 1 is 1.20 bits per heavy atom. The summed E-state index contributed by atoms with van der Waals surface area (Å²) in [6, 6.07) is 3.39. The second-order valence-electron chi connectivity index (χ2n) is 5.06. The molecule has 0 bridgehead atoms. The molecular weight excluding hydrogens is 413 g/mol. The summed E-state index contributed by atoms with van der Waals surface area (Å²) < 4.78 is 68.3. The van der Waals surface area contributed by atoms with E-state index in [4.69, 9.17) is 5.73 Å². The smallest absolute Gasteiger partial charge is 0.364 e. The third-order valence-electron chi connectivity index (χ3n) is 3.43. The highest BCUT2D eigenvalue weighted by Crippen LogP contribution is 2.36. The summed E-state index contributed by atoms with van der Waals surface area (Å²) in [6.45, 7) is 0. The van der Waals surface area contributed by atoms with Gasteiger partial charge in [-0.25, -0.2) is 13.8 Å². The largest absolute Gasteiger partial charge is 0.416 e. The van der Waals surface area contributed by atoms with Crippen molar-refractivity contribution in [2.24, 2.45) is 5.73 Å². The number of hydrogen-bond acceptors (Lipinski definition) is 2. The van der Waals surface area contributed by atoms with E-state index in [1.54, 1.807) is 0 Å². The number of halogens is 6. The van der Waals surface area contributed by atoms with Gasteiger partial charge in [0.15, 0.2) is 11.6 Å². The van der Waals surface area contributed by atoms with Gasteiger partial charge < -0.3 is 5.73 Å². The van der Waals surface area contributed by atoms with Crippen LogP contribution in [0.2, 0.25) is 0 Å². The molecule has 2 aromatic heterocycles. The Balaban J connectivity index is 2.38. The minimum Gasteiger partial charge on any atom is -0.364 e. The van der Waals surface area contributed by atoms with E-state index in [1.165, 1.54) is 22.7 Å². The fourth-order valence-electron chi connectivity index (χ4n) is 2.37. The number of rotatable bonds is 2. The number of aromatic nitrogens is 2. The van der Waals surface area contributed by atoms with Crippen LogP contribution in [-0.4, -0.2) is 15.3 Å². The molecule has 10 heteroatoms. The number of carbonyl (C=O) groups excluding carboxylic acids is 1. The number of benzene rings is 1. The van der Waals surface area contributed by atoms with Crippen molar-refractivity contribution in [3.63, 3.8) is 0 Å².